The fourth-order valence-corrected chi connectivity index (χ4v) is 2.99. The number of halogens is 1. The van der Waals surface area contributed by atoms with Gasteiger partial charge in [0.1, 0.15) is 11.6 Å². The number of aliphatic hydroxyl groups excluding tert-OH is 1. The predicted octanol–water partition coefficient (Wildman–Crippen LogP) is 3.60. The van der Waals surface area contributed by atoms with Crippen molar-refractivity contribution in [1.82, 2.24) is 0 Å². The molecule has 21 heavy (non-hydrogen) atoms. The molecule has 0 saturated heterocycles. The highest BCUT2D eigenvalue weighted by Gasteiger charge is 2.16. The molecule has 110 valence electrons. The van der Waals surface area contributed by atoms with Gasteiger partial charge in [-0.3, -0.25) is 0 Å². The van der Waals surface area contributed by atoms with E-state index in [2.05, 4.69) is 12.1 Å². The van der Waals surface area contributed by atoms with Crippen LogP contribution in [0.1, 0.15) is 34.8 Å². The minimum absolute atomic E-state index is 0.316. The van der Waals surface area contributed by atoms with E-state index in [0.717, 1.165) is 18.4 Å². The Morgan fingerprint density at radius 3 is 2.71 bits per heavy atom. The van der Waals surface area contributed by atoms with Crippen LogP contribution in [0.2, 0.25) is 0 Å². The minimum atomic E-state index is -0.838. The molecule has 1 unspecified atom stereocenters. The molecule has 2 nitrogen and oxygen atoms in total. The Kier molecular flexibility index (Phi) is 3.93. The van der Waals surface area contributed by atoms with Crippen molar-refractivity contribution in [2.24, 2.45) is 0 Å². The Labute approximate surface area is 124 Å². The lowest BCUT2D eigenvalue weighted by Crippen LogP contribution is -2.05. The van der Waals surface area contributed by atoms with Crippen LogP contribution in [0.15, 0.2) is 36.4 Å². The van der Waals surface area contributed by atoms with E-state index in [1.165, 1.54) is 30.7 Å². The largest absolute Gasteiger partial charge is 0.497 e. The average Bonchev–Trinajstić information content (AvgIpc) is 2.94. The summed E-state index contributed by atoms with van der Waals surface area (Å²) in [4.78, 5) is 0. The maximum Gasteiger partial charge on any atom is 0.132 e. The van der Waals surface area contributed by atoms with Gasteiger partial charge < -0.3 is 9.84 Å². The third-order valence-corrected chi connectivity index (χ3v) is 4.16. The summed E-state index contributed by atoms with van der Waals surface area (Å²) in [5.41, 5.74) is 4.15. The average molecular weight is 286 g/mol. The van der Waals surface area contributed by atoms with Gasteiger partial charge in [0.05, 0.1) is 13.2 Å². The normalized spacial score (nSPS) is 14.8. The van der Waals surface area contributed by atoms with Crippen molar-refractivity contribution in [2.45, 2.75) is 31.8 Å². The first kappa shape index (κ1) is 14.1. The van der Waals surface area contributed by atoms with Crippen LogP contribution in [-0.2, 0) is 19.3 Å². The van der Waals surface area contributed by atoms with E-state index in [-0.39, 0.29) is 0 Å². The first-order valence-electron chi connectivity index (χ1n) is 7.29. The van der Waals surface area contributed by atoms with Crippen molar-refractivity contribution in [2.75, 3.05) is 7.11 Å². The van der Waals surface area contributed by atoms with Gasteiger partial charge in [0.25, 0.3) is 0 Å². The number of hydrogen-bond acceptors (Lipinski definition) is 2. The molecule has 0 bridgehead atoms. The molecule has 3 heteroatoms. The predicted molar refractivity (Wildman–Crippen MR) is 80.1 cm³/mol. The summed E-state index contributed by atoms with van der Waals surface area (Å²) >= 11 is 0. The first-order valence-corrected chi connectivity index (χ1v) is 7.29. The van der Waals surface area contributed by atoms with Gasteiger partial charge in [-0.2, -0.15) is 0 Å². The number of methoxy groups -OCH3 is 1. The fraction of sp³-hybridized carbons (Fsp3) is 0.333. The third kappa shape index (κ3) is 2.93. The molecule has 2 aromatic rings. The highest BCUT2D eigenvalue weighted by Crippen LogP contribution is 2.27. The number of ether oxygens (including phenoxy) is 1. The number of rotatable bonds is 4. The van der Waals surface area contributed by atoms with Crippen LogP contribution in [0.5, 0.6) is 5.75 Å². The summed E-state index contributed by atoms with van der Waals surface area (Å²) in [5, 5.41) is 10.3. The minimum Gasteiger partial charge on any atom is -0.497 e. The zero-order valence-corrected chi connectivity index (χ0v) is 12.1. The van der Waals surface area contributed by atoms with E-state index in [1.54, 1.807) is 12.1 Å². The maximum atomic E-state index is 14.0. The van der Waals surface area contributed by atoms with Crippen molar-refractivity contribution >= 4 is 0 Å². The van der Waals surface area contributed by atoms with Gasteiger partial charge in [-0.15, -0.1) is 0 Å². The van der Waals surface area contributed by atoms with Crippen LogP contribution in [0.3, 0.4) is 0 Å². The van der Waals surface area contributed by atoms with Crippen LogP contribution in [-0.4, -0.2) is 12.2 Å². The highest BCUT2D eigenvalue weighted by atomic mass is 19.1. The van der Waals surface area contributed by atoms with E-state index in [0.29, 0.717) is 17.7 Å². The summed E-state index contributed by atoms with van der Waals surface area (Å²) in [6, 6.07) is 10.9. The fourth-order valence-electron chi connectivity index (χ4n) is 2.99. The van der Waals surface area contributed by atoms with Crippen molar-refractivity contribution in [3.05, 3.63) is 64.5 Å². The molecule has 0 amide bonds. The standard InChI is InChI=1S/C18H19FO2/c1-21-15-7-8-16(17(19)11-15)18(20)10-12-5-6-13-3-2-4-14(13)9-12/h5-9,11,18,20H,2-4,10H2,1H3. The molecule has 0 saturated carbocycles. The number of fused-ring (bicyclic) bond motifs is 1. The zero-order chi connectivity index (χ0) is 14.8. The van der Waals surface area contributed by atoms with Gasteiger partial charge in [-0.1, -0.05) is 18.2 Å². The molecule has 0 radical (unpaired) electrons. The van der Waals surface area contributed by atoms with Gasteiger partial charge in [-0.05, 0) is 48.1 Å². The summed E-state index contributed by atoms with van der Waals surface area (Å²) in [5.74, 6) is 0.0315. The van der Waals surface area contributed by atoms with E-state index in [9.17, 15) is 9.50 Å². The number of benzene rings is 2. The molecule has 0 aromatic heterocycles. The van der Waals surface area contributed by atoms with Crippen LogP contribution in [0.4, 0.5) is 4.39 Å². The molecule has 1 N–H and O–H groups in total. The molecule has 2 aromatic carbocycles. The number of hydrogen-bond donors (Lipinski definition) is 1. The summed E-state index contributed by atoms with van der Waals surface area (Å²) in [6.07, 6.45) is 3.04. The van der Waals surface area contributed by atoms with E-state index in [4.69, 9.17) is 4.74 Å². The van der Waals surface area contributed by atoms with Gasteiger partial charge in [0.2, 0.25) is 0 Å². The van der Waals surface area contributed by atoms with Crippen LogP contribution < -0.4 is 4.74 Å². The molecule has 1 atom stereocenters. The lowest BCUT2D eigenvalue weighted by atomic mass is 9.98. The monoisotopic (exact) mass is 286 g/mol. The molecule has 1 aliphatic rings. The SMILES string of the molecule is COc1ccc(C(O)Cc2ccc3c(c2)CCC3)c(F)c1. The second-order valence-electron chi connectivity index (χ2n) is 5.56. The highest BCUT2D eigenvalue weighted by molar-refractivity contribution is 5.36. The van der Waals surface area contributed by atoms with Crippen molar-refractivity contribution in [3.63, 3.8) is 0 Å². The van der Waals surface area contributed by atoms with E-state index < -0.39 is 11.9 Å². The smallest absolute Gasteiger partial charge is 0.132 e. The van der Waals surface area contributed by atoms with E-state index >= 15 is 0 Å². The molecular formula is C18H19FO2. The summed E-state index contributed by atoms with van der Waals surface area (Å²) < 4.78 is 18.9. The van der Waals surface area contributed by atoms with E-state index in [1.807, 2.05) is 6.07 Å². The topological polar surface area (TPSA) is 29.5 Å². The molecule has 0 spiro atoms. The number of aryl methyl sites for hydroxylation is 2. The number of aliphatic hydroxyl groups is 1. The van der Waals surface area contributed by atoms with Crippen molar-refractivity contribution < 1.29 is 14.2 Å². The second-order valence-corrected chi connectivity index (χ2v) is 5.56. The second kappa shape index (κ2) is 5.86. The van der Waals surface area contributed by atoms with Crippen LogP contribution >= 0.6 is 0 Å². The lowest BCUT2D eigenvalue weighted by molar-refractivity contribution is 0.173. The summed E-state index contributed by atoms with van der Waals surface area (Å²) in [7, 11) is 1.50. The zero-order valence-electron chi connectivity index (χ0n) is 12.1. The molecule has 0 aliphatic heterocycles. The molecular weight excluding hydrogens is 267 g/mol. The van der Waals surface area contributed by atoms with Crippen LogP contribution in [0, 0.1) is 5.82 Å². The summed E-state index contributed by atoms with van der Waals surface area (Å²) in [6.45, 7) is 0. The van der Waals surface area contributed by atoms with Gasteiger partial charge >= 0.3 is 0 Å². The first-order chi connectivity index (χ1) is 10.2. The Morgan fingerprint density at radius 2 is 1.95 bits per heavy atom. The lowest BCUT2D eigenvalue weighted by Gasteiger charge is -2.14. The maximum absolute atomic E-state index is 14.0. The van der Waals surface area contributed by atoms with Crippen molar-refractivity contribution in [1.29, 1.82) is 0 Å². The Morgan fingerprint density at radius 1 is 1.14 bits per heavy atom. The van der Waals surface area contributed by atoms with Gasteiger partial charge in [0, 0.05) is 18.1 Å². The van der Waals surface area contributed by atoms with Gasteiger partial charge in [-0.25, -0.2) is 4.39 Å². The molecule has 0 fully saturated rings. The third-order valence-electron chi connectivity index (χ3n) is 4.16. The molecule has 0 heterocycles. The van der Waals surface area contributed by atoms with Gasteiger partial charge in [0.15, 0.2) is 0 Å². The quantitative estimate of drug-likeness (QED) is 0.930. The molecule has 3 rings (SSSR count). The Hall–Kier alpha value is -1.87. The molecule has 1 aliphatic carbocycles. The van der Waals surface area contributed by atoms with Crippen LogP contribution in [0.25, 0.3) is 0 Å². The van der Waals surface area contributed by atoms with Crippen molar-refractivity contribution in [3.8, 4) is 5.75 Å². The Balaban J connectivity index is 1.78. The Bertz CT molecular complexity index is 652.